The molecule has 2 fully saturated rings. The number of hydrogen-bond acceptors (Lipinski definition) is 2. The van der Waals surface area contributed by atoms with Crippen molar-refractivity contribution in [1.29, 1.82) is 0 Å². The van der Waals surface area contributed by atoms with E-state index in [-0.39, 0.29) is 17.7 Å². The summed E-state index contributed by atoms with van der Waals surface area (Å²) in [6.07, 6.45) is 3.92. The van der Waals surface area contributed by atoms with Gasteiger partial charge >= 0.3 is 0 Å². The largest absolute Gasteiger partial charge is 0.296 e. The summed E-state index contributed by atoms with van der Waals surface area (Å²) in [5.41, 5.74) is 0. The number of carbonyl (C=O) groups excluding carboxylic acids is 2. The lowest BCUT2D eigenvalue weighted by atomic mass is 9.75. The van der Waals surface area contributed by atoms with Crippen LogP contribution in [0.25, 0.3) is 0 Å². The van der Waals surface area contributed by atoms with Crippen molar-refractivity contribution in [1.82, 2.24) is 5.32 Å². The molecule has 0 radical (unpaired) electrons. The van der Waals surface area contributed by atoms with Gasteiger partial charge in [-0.3, -0.25) is 14.9 Å². The van der Waals surface area contributed by atoms with Crippen LogP contribution in [0.4, 0.5) is 0 Å². The van der Waals surface area contributed by atoms with E-state index < -0.39 is 0 Å². The van der Waals surface area contributed by atoms with Gasteiger partial charge in [-0.2, -0.15) is 0 Å². The van der Waals surface area contributed by atoms with Crippen LogP contribution in [-0.4, -0.2) is 11.8 Å². The maximum atomic E-state index is 11.1. The second-order valence-corrected chi connectivity index (χ2v) is 3.41. The van der Waals surface area contributed by atoms with Crippen LogP contribution < -0.4 is 5.32 Å². The zero-order valence-corrected chi connectivity index (χ0v) is 6.30. The van der Waals surface area contributed by atoms with Gasteiger partial charge in [0.15, 0.2) is 0 Å². The molecule has 1 atom stereocenters. The fourth-order valence-electron chi connectivity index (χ4n) is 1.80. The fourth-order valence-corrected chi connectivity index (χ4v) is 1.80. The predicted molar refractivity (Wildman–Crippen MR) is 38.6 cm³/mol. The summed E-state index contributed by atoms with van der Waals surface area (Å²) < 4.78 is 0. The van der Waals surface area contributed by atoms with Crippen molar-refractivity contribution < 1.29 is 9.59 Å². The Kier molecular flexibility index (Phi) is 1.44. The first-order chi connectivity index (χ1) is 5.27. The highest BCUT2D eigenvalue weighted by Gasteiger charge is 2.38. The van der Waals surface area contributed by atoms with E-state index >= 15 is 0 Å². The zero-order valence-electron chi connectivity index (χ0n) is 6.30. The van der Waals surface area contributed by atoms with Crippen LogP contribution >= 0.6 is 0 Å². The molecular weight excluding hydrogens is 142 g/mol. The standard InChI is InChI=1S/C8H11NO2/c10-7-4-6(8(11)9-7)5-2-1-3-5/h5-6H,1-4H2,(H,9,10,11). The van der Waals surface area contributed by atoms with Crippen molar-refractivity contribution in [3.8, 4) is 0 Å². The van der Waals surface area contributed by atoms with Gasteiger partial charge in [0.2, 0.25) is 11.8 Å². The average Bonchev–Trinajstić information content (AvgIpc) is 2.07. The monoisotopic (exact) mass is 153 g/mol. The Bertz CT molecular complexity index is 208. The lowest BCUT2D eigenvalue weighted by Gasteiger charge is -2.28. The number of rotatable bonds is 1. The van der Waals surface area contributed by atoms with E-state index in [2.05, 4.69) is 5.32 Å². The van der Waals surface area contributed by atoms with Gasteiger partial charge in [-0.05, 0) is 18.8 Å². The van der Waals surface area contributed by atoms with E-state index in [1.807, 2.05) is 0 Å². The van der Waals surface area contributed by atoms with Crippen LogP contribution in [0.3, 0.4) is 0 Å². The third-order valence-electron chi connectivity index (χ3n) is 2.72. The maximum Gasteiger partial charge on any atom is 0.230 e. The molecule has 2 rings (SSSR count). The smallest absolute Gasteiger partial charge is 0.230 e. The Balaban J connectivity index is 2.02. The number of carbonyl (C=O) groups is 2. The molecule has 60 valence electrons. The summed E-state index contributed by atoms with van der Waals surface area (Å²) in [4.78, 5) is 21.9. The molecule has 1 aliphatic carbocycles. The van der Waals surface area contributed by atoms with Crippen molar-refractivity contribution in [3.63, 3.8) is 0 Å². The Hall–Kier alpha value is -0.860. The summed E-state index contributed by atoms with van der Waals surface area (Å²) in [7, 11) is 0. The molecule has 2 amide bonds. The van der Waals surface area contributed by atoms with Gasteiger partial charge in [-0.15, -0.1) is 0 Å². The molecule has 1 unspecified atom stereocenters. The molecule has 0 aromatic heterocycles. The lowest BCUT2D eigenvalue weighted by molar-refractivity contribution is -0.126. The molecule has 1 saturated carbocycles. The van der Waals surface area contributed by atoms with E-state index in [0.717, 1.165) is 12.8 Å². The molecule has 11 heavy (non-hydrogen) atoms. The van der Waals surface area contributed by atoms with Gasteiger partial charge in [0.05, 0.1) is 0 Å². The highest BCUT2D eigenvalue weighted by molar-refractivity contribution is 6.03. The van der Waals surface area contributed by atoms with Gasteiger partial charge in [0.1, 0.15) is 0 Å². The van der Waals surface area contributed by atoms with Gasteiger partial charge in [0, 0.05) is 12.3 Å². The third-order valence-corrected chi connectivity index (χ3v) is 2.72. The van der Waals surface area contributed by atoms with Crippen LogP contribution in [0.1, 0.15) is 25.7 Å². The fraction of sp³-hybridized carbons (Fsp3) is 0.750. The van der Waals surface area contributed by atoms with E-state index in [1.165, 1.54) is 6.42 Å². The van der Waals surface area contributed by atoms with Crippen LogP contribution in [0, 0.1) is 11.8 Å². The molecular formula is C8H11NO2. The maximum absolute atomic E-state index is 11.1. The molecule has 0 bridgehead atoms. The average molecular weight is 153 g/mol. The van der Waals surface area contributed by atoms with Gasteiger partial charge < -0.3 is 0 Å². The summed E-state index contributed by atoms with van der Waals surface area (Å²) in [6, 6.07) is 0. The SMILES string of the molecule is O=C1CC(C2CCC2)C(=O)N1. The molecule has 2 aliphatic rings. The van der Waals surface area contributed by atoms with Crippen LogP contribution in [0.15, 0.2) is 0 Å². The highest BCUT2D eigenvalue weighted by atomic mass is 16.2. The normalized spacial score (nSPS) is 31.8. The molecule has 0 aromatic rings. The minimum absolute atomic E-state index is 0.0104. The molecule has 1 saturated heterocycles. The van der Waals surface area contributed by atoms with E-state index in [1.54, 1.807) is 0 Å². The van der Waals surface area contributed by atoms with Gasteiger partial charge in [-0.1, -0.05) is 6.42 Å². The summed E-state index contributed by atoms with van der Waals surface area (Å²) in [5, 5.41) is 2.34. The van der Waals surface area contributed by atoms with Crippen molar-refractivity contribution in [2.75, 3.05) is 0 Å². The summed E-state index contributed by atoms with van der Waals surface area (Å²) >= 11 is 0. The third kappa shape index (κ3) is 1.04. The topological polar surface area (TPSA) is 46.2 Å². The number of hydrogen-bond donors (Lipinski definition) is 1. The van der Waals surface area contributed by atoms with Crippen LogP contribution in [-0.2, 0) is 9.59 Å². The van der Waals surface area contributed by atoms with Crippen molar-refractivity contribution in [3.05, 3.63) is 0 Å². The minimum Gasteiger partial charge on any atom is -0.296 e. The molecule has 3 nitrogen and oxygen atoms in total. The Morgan fingerprint density at radius 2 is 2.00 bits per heavy atom. The Morgan fingerprint density at radius 1 is 1.27 bits per heavy atom. The summed E-state index contributed by atoms with van der Waals surface area (Å²) in [6.45, 7) is 0. The second kappa shape index (κ2) is 2.32. The first-order valence-corrected chi connectivity index (χ1v) is 4.11. The van der Waals surface area contributed by atoms with E-state index in [4.69, 9.17) is 0 Å². The van der Waals surface area contributed by atoms with Gasteiger partial charge in [-0.25, -0.2) is 0 Å². The Morgan fingerprint density at radius 3 is 2.36 bits per heavy atom. The lowest BCUT2D eigenvalue weighted by Crippen LogP contribution is -2.29. The van der Waals surface area contributed by atoms with Crippen molar-refractivity contribution in [2.24, 2.45) is 11.8 Å². The molecule has 1 N–H and O–H groups in total. The number of imide groups is 1. The van der Waals surface area contributed by atoms with E-state index in [0.29, 0.717) is 12.3 Å². The molecule has 1 heterocycles. The second-order valence-electron chi connectivity index (χ2n) is 3.41. The van der Waals surface area contributed by atoms with Crippen LogP contribution in [0.2, 0.25) is 0 Å². The molecule has 0 spiro atoms. The Labute approximate surface area is 65.2 Å². The molecule has 3 heteroatoms. The quantitative estimate of drug-likeness (QED) is 0.556. The first kappa shape index (κ1) is 6.83. The zero-order chi connectivity index (χ0) is 7.84. The number of amides is 2. The summed E-state index contributed by atoms with van der Waals surface area (Å²) in [5.74, 6) is 0.379. The van der Waals surface area contributed by atoms with Crippen molar-refractivity contribution in [2.45, 2.75) is 25.7 Å². The first-order valence-electron chi connectivity index (χ1n) is 4.11. The minimum atomic E-state index is -0.0908. The highest BCUT2D eigenvalue weighted by Crippen LogP contribution is 2.36. The molecule has 0 aromatic carbocycles. The predicted octanol–water partition coefficient (Wildman–Crippen LogP) is 0.449. The number of nitrogens with one attached hydrogen (secondary N) is 1. The molecule has 1 aliphatic heterocycles. The van der Waals surface area contributed by atoms with Crippen molar-refractivity contribution >= 4 is 11.8 Å². The van der Waals surface area contributed by atoms with E-state index in [9.17, 15) is 9.59 Å². The van der Waals surface area contributed by atoms with Gasteiger partial charge in [0.25, 0.3) is 0 Å². The van der Waals surface area contributed by atoms with Crippen LogP contribution in [0.5, 0.6) is 0 Å².